The lowest BCUT2D eigenvalue weighted by Gasteiger charge is -2.26. The molecule has 1 atom stereocenters. The molecule has 0 aromatic heterocycles. The van der Waals surface area contributed by atoms with Gasteiger partial charge in [0.2, 0.25) is 0 Å². The molecule has 4 heteroatoms. The van der Waals surface area contributed by atoms with Gasteiger partial charge in [-0.3, -0.25) is 0 Å². The summed E-state index contributed by atoms with van der Waals surface area (Å²) in [5, 5.41) is 8.89. The Balaban J connectivity index is 2.38. The summed E-state index contributed by atoms with van der Waals surface area (Å²) >= 11 is 0. The maximum Gasteiger partial charge on any atom is 0.149 e. The van der Waals surface area contributed by atoms with E-state index in [2.05, 4.69) is 0 Å². The molecule has 94 valence electrons. The van der Waals surface area contributed by atoms with Gasteiger partial charge >= 0.3 is 0 Å². The summed E-state index contributed by atoms with van der Waals surface area (Å²) < 4.78 is 27.7. The first-order valence-corrected chi connectivity index (χ1v) is 6.02. The molecule has 0 radical (unpaired) electrons. The Hall–Kier alpha value is -1.16. The molecule has 1 unspecified atom stereocenters. The lowest BCUT2D eigenvalue weighted by atomic mass is 10.1. The van der Waals surface area contributed by atoms with E-state index < -0.39 is 11.6 Å². The third-order valence-corrected chi connectivity index (χ3v) is 3.39. The summed E-state index contributed by atoms with van der Waals surface area (Å²) in [6.45, 7) is 2.39. The second kappa shape index (κ2) is 5.00. The van der Waals surface area contributed by atoms with Crippen LogP contribution < -0.4 is 4.90 Å². The van der Waals surface area contributed by atoms with Gasteiger partial charge in [0.1, 0.15) is 17.3 Å². The molecule has 0 saturated carbocycles. The van der Waals surface area contributed by atoms with E-state index in [4.69, 9.17) is 5.11 Å². The number of nitrogens with zero attached hydrogens (tertiary/aromatic N) is 1. The van der Waals surface area contributed by atoms with Crippen molar-refractivity contribution in [3.8, 4) is 0 Å². The average molecular weight is 241 g/mol. The molecular formula is C13H17F2NO. The smallest absolute Gasteiger partial charge is 0.149 e. The van der Waals surface area contributed by atoms with Crippen molar-refractivity contribution in [3.05, 3.63) is 29.3 Å². The maximum absolute atomic E-state index is 13.9. The van der Waals surface area contributed by atoms with Crippen molar-refractivity contribution in [2.75, 3.05) is 11.4 Å². The molecule has 1 N–H and O–H groups in total. The van der Waals surface area contributed by atoms with Crippen LogP contribution in [-0.4, -0.2) is 17.7 Å². The summed E-state index contributed by atoms with van der Waals surface area (Å²) in [5.74, 6) is -1.15. The molecule has 1 saturated heterocycles. The van der Waals surface area contributed by atoms with Gasteiger partial charge in [-0.25, -0.2) is 8.78 Å². The Bertz CT molecular complexity index is 385. The molecule has 17 heavy (non-hydrogen) atoms. The molecule has 2 nitrogen and oxygen atoms in total. The third-order valence-electron chi connectivity index (χ3n) is 3.39. The van der Waals surface area contributed by atoms with Crippen LogP contribution in [0.5, 0.6) is 0 Å². The fourth-order valence-electron chi connectivity index (χ4n) is 2.54. The van der Waals surface area contributed by atoms with Crippen molar-refractivity contribution < 1.29 is 13.9 Å². The highest BCUT2D eigenvalue weighted by molar-refractivity contribution is 5.52. The minimum Gasteiger partial charge on any atom is -0.392 e. The first kappa shape index (κ1) is 12.3. The number of hydrogen-bond acceptors (Lipinski definition) is 2. The van der Waals surface area contributed by atoms with Crippen LogP contribution in [-0.2, 0) is 6.61 Å². The standard InChI is InChI=1S/C13H17F2NO/c1-2-10-4-3-5-16(10)13-11(14)6-9(8-17)7-12(13)15/h6-7,10,17H,2-5,8H2,1H3. The number of halogens is 2. The fourth-order valence-corrected chi connectivity index (χ4v) is 2.54. The molecule has 1 heterocycles. The van der Waals surface area contributed by atoms with E-state index in [0.29, 0.717) is 6.54 Å². The number of rotatable bonds is 3. The summed E-state index contributed by atoms with van der Waals surface area (Å²) in [7, 11) is 0. The molecule has 0 bridgehead atoms. The molecule has 1 aliphatic rings. The van der Waals surface area contributed by atoms with Gasteiger partial charge in [-0.05, 0) is 37.0 Å². The Morgan fingerprint density at radius 2 is 2.00 bits per heavy atom. The van der Waals surface area contributed by atoms with E-state index in [9.17, 15) is 8.78 Å². The summed E-state index contributed by atoms with van der Waals surface area (Å²) in [4.78, 5) is 1.81. The van der Waals surface area contributed by atoms with E-state index in [0.717, 1.165) is 19.3 Å². The van der Waals surface area contributed by atoms with Crippen molar-refractivity contribution >= 4 is 5.69 Å². The van der Waals surface area contributed by atoms with Gasteiger partial charge < -0.3 is 10.0 Å². The van der Waals surface area contributed by atoms with E-state index >= 15 is 0 Å². The second-order valence-corrected chi connectivity index (χ2v) is 4.46. The van der Waals surface area contributed by atoms with E-state index in [1.165, 1.54) is 12.1 Å². The Morgan fingerprint density at radius 3 is 2.53 bits per heavy atom. The minimum absolute atomic E-state index is 0.0616. The van der Waals surface area contributed by atoms with Crippen molar-refractivity contribution in [3.63, 3.8) is 0 Å². The number of aliphatic hydroxyl groups excluding tert-OH is 1. The van der Waals surface area contributed by atoms with Gasteiger partial charge in [-0.1, -0.05) is 6.92 Å². The average Bonchev–Trinajstić information content (AvgIpc) is 2.76. The molecule has 0 amide bonds. The van der Waals surface area contributed by atoms with Gasteiger partial charge in [0.05, 0.1) is 6.61 Å². The minimum atomic E-state index is -0.575. The quantitative estimate of drug-likeness (QED) is 0.879. The molecule has 1 fully saturated rings. The van der Waals surface area contributed by atoms with Crippen LogP contribution in [0, 0.1) is 11.6 Å². The molecule has 1 aromatic carbocycles. The van der Waals surface area contributed by atoms with Gasteiger partial charge in [0.25, 0.3) is 0 Å². The topological polar surface area (TPSA) is 23.5 Å². The van der Waals surface area contributed by atoms with Crippen molar-refractivity contribution in [1.29, 1.82) is 0 Å². The summed E-state index contributed by atoms with van der Waals surface area (Å²) in [6, 6.07) is 2.64. The molecule has 0 aliphatic carbocycles. The Labute approximate surface area is 99.9 Å². The van der Waals surface area contributed by atoms with Crippen LogP contribution in [0.2, 0.25) is 0 Å². The lowest BCUT2D eigenvalue weighted by Crippen LogP contribution is -2.30. The van der Waals surface area contributed by atoms with E-state index in [-0.39, 0.29) is 23.9 Å². The first-order chi connectivity index (χ1) is 8.17. The van der Waals surface area contributed by atoms with Gasteiger partial charge in [0, 0.05) is 12.6 Å². The van der Waals surface area contributed by atoms with Gasteiger partial charge in [0.15, 0.2) is 0 Å². The van der Waals surface area contributed by atoms with Crippen LogP contribution in [0.4, 0.5) is 14.5 Å². The predicted molar refractivity (Wildman–Crippen MR) is 62.9 cm³/mol. The fraction of sp³-hybridized carbons (Fsp3) is 0.538. The zero-order valence-corrected chi connectivity index (χ0v) is 9.92. The molecule has 0 spiro atoms. The van der Waals surface area contributed by atoms with E-state index in [1.807, 2.05) is 11.8 Å². The lowest BCUT2D eigenvalue weighted by molar-refractivity contribution is 0.280. The monoisotopic (exact) mass is 241 g/mol. The predicted octanol–water partition coefficient (Wildman–Crippen LogP) is 2.84. The molecule has 1 aliphatic heterocycles. The SMILES string of the molecule is CCC1CCCN1c1c(F)cc(CO)cc1F. The highest BCUT2D eigenvalue weighted by Crippen LogP contribution is 2.32. The summed E-state index contributed by atoms with van der Waals surface area (Å²) in [5.41, 5.74) is 0.336. The molecule has 2 rings (SSSR count). The van der Waals surface area contributed by atoms with Crippen LogP contribution in [0.1, 0.15) is 31.7 Å². The van der Waals surface area contributed by atoms with Crippen molar-refractivity contribution in [2.24, 2.45) is 0 Å². The number of benzene rings is 1. The largest absolute Gasteiger partial charge is 0.392 e. The normalized spacial score (nSPS) is 20.0. The Kier molecular flexibility index (Phi) is 3.62. The van der Waals surface area contributed by atoms with Crippen LogP contribution in [0.25, 0.3) is 0 Å². The first-order valence-electron chi connectivity index (χ1n) is 6.02. The third kappa shape index (κ3) is 2.27. The van der Waals surface area contributed by atoms with Crippen molar-refractivity contribution in [1.82, 2.24) is 0 Å². The summed E-state index contributed by atoms with van der Waals surface area (Å²) in [6.07, 6.45) is 2.84. The van der Waals surface area contributed by atoms with Crippen LogP contribution >= 0.6 is 0 Å². The van der Waals surface area contributed by atoms with Crippen LogP contribution in [0.3, 0.4) is 0 Å². The van der Waals surface area contributed by atoms with Crippen LogP contribution in [0.15, 0.2) is 12.1 Å². The maximum atomic E-state index is 13.9. The second-order valence-electron chi connectivity index (χ2n) is 4.46. The van der Waals surface area contributed by atoms with Crippen molar-refractivity contribution in [2.45, 2.75) is 38.8 Å². The van der Waals surface area contributed by atoms with Gasteiger partial charge in [-0.2, -0.15) is 0 Å². The van der Waals surface area contributed by atoms with E-state index in [1.54, 1.807) is 0 Å². The molecule has 1 aromatic rings. The highest BCUT2D eigenvalue weighted by atomic mass is 19.1. The van der Waals surface area contributed by atoms with Gasteiger partial charge in [-0.15, -0.1) is 0 Å². The molecular weight excluding hydrogens is 224 g/mol. The number of anilines is 1. The Morgan fingerprint density at radius 1 is 1.35 bits per heavy atom. The zero-order valence-electron chi connectivity index (χ0n) is 9.92. The zero-order chi connectivity index (χ0) is 12.4. The number of aliphatic hydroxyl groups is 1. The highest BCUT2D eigenvalue weighted by Gasteiger charge is 2.27. The number of hydrogen-bond donors (Lipinski definition) is 1.